The van der Waals surface area contributed by atoms with Gasteiger partial charge in [-0.1, -0.05) is 6.92 Å². The first-order valence-corrected chi connectivity index (χ1v) is 4.80. The number of nitrogens with two attached hydrogens (primary N) is 1. The fourth-order valence-electron chi connectivity index (χ4n) is 1.26. The maximum absolute atomic E-state index is 10.9. The lowest BCUT2D eigenvalue weighted by molar-refractivity contribution is -0.120. The van der Waals surface area contributed by atoms with Crippen molar-refractivity contribution < 1.29 is 14.6 Å². The standard InChI is InChI=1S/C9H20N2O3/c1-3-8(9(10)13)11-7(4-5-12)6-14-2/h7-8,11-12H,3-6H2,1-2H3,(H2,10,13). The fourth-order valence-corrected chi connectivity index (χ4v) is 1.26. The summed E-state index contributed by atoms with van der Waals surface area (Å²) in [5, 5.41) is 11.8. The first-order valence-electron chi connectivity index (χ1n) is 4.80. The minimum atomic E-state index is -0.369. The van der Waals surface area contributed by atoms with Gasteiger partial charge in [0.25, 0.3) is 0 Å². The Morgan fingerprint density at radius 2 is 2.29 bits per heavy atom. The second kappa shape index (κ2) is 7.73. The molecule has 0 aromatic heterocycles. The average Bonchev–Trinajstić information content (AvgIpc) is 2.14. The highest BCUT2D eigenvalue weighted by Gasteiger charge is 2.17. The minimum Gasteiger partial charge on any atom is -0.396 e. The highest BCUT2D eigenvalue weighted by atomic mass is 16.5. The smallest absolute Gasteiger partial charge is 0.234 e. The molecule has 0 aliphatic carbocycles. The molecule has 0 saturated heterocycles. The minimum absolute atomic E-state index is 0.0255. The van der Waals surface area contributed by atoms with E-state index in [1.165, 1.54) is 0 Å². The number of aliphatic hydroxyl groups excluding tert-OH is 1. The molecule has 2 atom stereocenters. The Bertz CT molecular complexity index is 158. The molecule has 0 fully saturated rings. The number of nitrogens with one attached hydrogen (secondary N) is 1. The van der Waals surface area contributed by atoms with Gasteiger partial charge in [-0.2, -0.15) is 0 Å². The Morgan fingerprint density at radius 1 is 1.64 bits per heavy atom. The number of methoxy groups -OCH3 is 1. The van der Waals surface area contributed by atoms with E-state index in [9.17, 15) is 4.79 Å². The predicted octanol–water partition coefficient (Wildman–Crippen LogP) is -0.763. The zero-order chi connectivity index (χ0) is 11.0. The van der Waals surface area contributed by atoms with Crippen LogP contribution in [-0.4, -0.2) is 43.4 Å². The molecule has 2 unspecified atom stereocenters. The van der Waals surface area contributed by atoms with Crippen LogP contribution in [0.15, 0.2) is 0 Å². The molecule has 14 heavy (non-hydrogen) atoms. The molecule has 5 heteroatoms. The first-order chi connectivity index (χ1) is 6.65. The van der Waals surface area contributed by atoms with Crippen molar-refractivity contribution in [3.8, 4) is 0 Å². The molecule has 5 nitrogen and oxygen atoms in total. The number of carbonyl (C=O) groups is 1. The number of rotatable bonds is 8. The molecule has 4 N–H and O–H groups in total. The van der Waals surface area contributed by atoms with Crippen LogP contribution in [0.4, 0.5) is 0 Å². The number of aliphatic hydroxyl groups is 1. The first kappa shape index (κ1) is 13.4. The number of ether oxygens (including phenoxy) is 1. The van der Waals surface area contributed by atoms with E-state index in [0.717, 1.165) is 0 Å². The van der Waals surface area contributed by atoms with Crippen LogP contribution in [0.25, 0.3) is 0 Å². The predicted molar refractivity (Wildman–Crippen MR) is 53.8 cm³/mol. The highest BCUT2D eigenvalue weighted by Crippen LogP contribution is 1.97. The molecule has 0 aromatic carbocycles. The molecule has 0 bridgehead atoms. The van der Waals surface area contributed by atoms with Crippen LogP contribution in [-0.2, 0) is 9.53 Å². The largest absolute Gasteiger partial charge is 0.396 e. The van der Waals surface area contributed by atoms with Crippen molar-refractivity contribution in [2.45, 2.75) is 31.8 Å². The molecule has 0 aliphatic rings. The van der Waals surface area contributed by atoms with Gasteiger partial charge in [0.1, 0.15) is 0 Å². The van der Waals surface area contributed by atoms with Crippen molar-refractivity contribution in [2.75, 3.05) is 20.3 Å². The Balaban J connectivity index is 4.03. The van der Waals surface area contributed by atoms with E-state index in [1.807, 2.05) is 6.92 Å². The normalized spacial score (nSPS) is 15.1. The summed E-state index contributed by atoms with van der Waals surface area (Å²) in [6.45, 7) is 2.41. The number of carbonyl (C=O) groups excluding carboxylic acids is 1. The lowest BCUT2D eigenvalue weighted by Crippen LogP contribution is -2.48. The third kappa shape index (κ3) is 5.16. The molecule has 0 spiro atoms. The lowest BCUT2D eigenvalue weighted by atomic mass is 10.1. The van der Waals surface area contributed by atoms with Crippen molar-refractivity contribution in [2.24, 2.45) is 5.73 Å². The number of primary amides is 1. The molecule has 1 amide bonds. The molecule has 0 rings (SSSR count). The summed E-state index contributed by atoms with van der Waals surface area (Å²) in [7, 11) is 1.58. The van der Waals surface area contributed by atoms with E-state index in [2.05, 4.69) is 5.32 Å². The maximum atomic E-state index is 10.9. The average molecular weight is 204 g/mol. The van der Waals surface area contributed by atoms with Gasteiger partial charge in [-0.3, -0.25) is 4.79 Å². The van der Waals surface area contributed by atoms with Crippen LogP contribution >= 0.6 is 0 Å². The monoisotopic (exact) mass is 204 g/mol. The van der Waals surface area contributed by atoms with Crippen LogP contribution in [0, 0.1) is 0 Å². The summed E-state index contributed by atoms with van der Waals surface area (Å²) in [6, 6.07) is -0.371. The van der Waals surface area contributed by atoms with E-state index in [-0.39, 0.29) is 24.6 Å². The van der Waals surface area contributed by atoms with Crippen LogP contribution < -0.4 is 11.1 Å². The topological polar surface area (TPSA) is 84.6 Å². The molecule has 0 saturated carbocycles. The van der Waals surface area contributed by atoms with Gasteiger partial charge in [0.2, 0.25) is 5.91 Å². The lowest BCUT2D eigenvalue weighted by Gasteiger charge is -2.21. The van der Waals surface area contributed by atoms with Gasteiger partial charge in [-0.05, 0) is 12.8 Å². The van der Waals surface area contributed by atoms with Gasteiger partial charge in [0.05, 0.1) is 12.6 Å². The number of hydrogen-bond acceptors (Lipinski definition) is 4. The van der Waals surface area contributed by atoms with Gasteiger partial charge in [-0.15, -0.1) is 0 Å². The number of hydrogen-bond donors (Lipinski definition) is 3. The molecule has 0 heterocycles. The van der Waals surface area contributed by atoms with E-state index < -0.39 is 0 Å². The van der Waals surface area contributed by atoms with Gasteiger partial charge in [-0.25, -0.2) is 0 Å². The molecule has 0 radical (unpaired) electrons. The van der Waals surface area contributed by atoms with E-state index >= 15 is 0 Å². The zero-order valence-electron chi connectivity index (χ0n) is 8.82. The number of amides is 1. The Labute approximate surface area is 84.6 Å². The van der Waals surface area contributed by atoms with Gasteiger partial charge in [0, 0.05) is 19.8 Å². The Hall–Kier alpha value is -0.650. The van der Waals surface area contributed by atoms with Crippen molar-refractivity contribution >= 4 is 5.91 Å². The van der Waals surface area contributed by atoms with Gasteiger partial charge < -0.3 is 20.9 Å². The fraction of sp³-hybridized carbons (Fsp3) is 0.889. The van der Waals surface area contributed by atoms with E-state index in [1.54, 1.807) is 7.11 Å². The van der Waals surface area contributed by atoms with Crippen molar-refractivity contribution in [1.29, 1.82) is 0 Å². The summed E-state index contributed by atoms with van der Waals surface area (Å²) < 4.78 is 4.96. The summed E-state index contributed by atoms with van der Waals surface area (Å²) >= 11 is 0. The van der Waals surface area contributed by atoms with Gasteiger partial charge >= 0.3 is 0 Å². The third-order valence-electron chi connectivity index (χ3n) is 2.03. The third-order valence-corrected chi connectivity index (χ3v) is 2.03. The summed E-state index contributed by atoms with van der Waals surface area (Å²) in [5.41, 5.74) is 5.18. The van der Waals surface area contributed by atoms with Crippen LogP contribution in [0.2, 0.25) is 0 Å². The Kier molecular flexibility index (Phi) is 7.37. The van der Waals surface area contributed by atoms with Crippen LogP contribution in [0.3, 0.4) is 0 Å². The second-order valence-corrected chi connectivity index (χ2v) is 3.19. The quantitative estimate of drug-likeness (QED) is 0.485. The summed E-state index contributed by atoms with van der Waals surface area (Å²) in [4.78, 5) is 10.9. The molecule has 0 aliphatic heterocycles. The van der Waals surface area contributed by atoms with Crippen molar-refractivity contribution in [1.82, 2.24) is 5.32 Å². The SMILES string of the molecule is CCC(NC(CCO)COC)C(N)=O. The Morgan fingerprint density at radius 3 is 2.64 bits per heavy atom. The van der Waals surface area contributed by atoms with E-state index in [4.69, 9.17) is 15.6 Å². The highest BCUT2D eigenvalue weighted by molar-refractivity contribution is 5.79. The maximum Gasteiger partial charge on any atom is 0.234 e. The van der Waals surface area contributed by atoms with Crippen LogP contribution in [0.1, 0.15) is 19.8 Å². The summed E-state index contributed by atoms with van der Waals surface area (Å²) in [5.74, 6) is -0.369. The second-order valence-electron chi connectivity index (χ2n) is 3.19. The van der Waals surface area contributed by atoms with Crippen LogP contribution in [0.5, 0.6) is 0 Å². The summed E-state index contributed by atoms with van der Waals surface area (Å²) in [6.07, 6.45) is 1.19. The molecule has 0 aromatic rings. The van der Waals surface area contributed by atoms with Gasteiger partial charge in [0.15, 0.2) is 0 Å². The van der Waals surface area contributed by atoms with Crippen molar-refractivity contribution in [3.05, 3.63) is 0 Å². The molecule has 84 valence electrons. The molecular weight excluding hydrogens is 184 g/mol. The molecular formula is C9H20N2O3. The van der Waals surface area contributed by atoms with E-state index in [0.29, 0.717) is 19.4 Å². The zero-order valence-corrected chi connectivity index (χ0v) is 8.82. The van der Waals surface area contributed by atoms with Crippen molar-refractivity contribution in [3.63, 3.8) is 0 Å².